The number of pyridine rings is 1. The van der Waals surface area contributed by atoms with Gasteiger partial charge in [-0.1, -0.05) is 17.4 Å². The maximum absolute atomic E-state index is 14.0. The molecule has 11 heteroatoms. The van der Waals surface area contributed by atoms with Crippen LogP contribution >= 0.6 is 11.3 Å². The summed E-state index contributed by atoms with van der Waals surface area (Å²) in [5, 5.41) is 19.3. The molecule has 2 aliphatic heterocycles. The molecule has 0 saturated carbocycles. The number of rotatable bonds is 3. The fraction of sp³-hybridized carbons (Fsp3) is 0.333. The lowest BCUT2D eigenvalue weighted by molar-refractivity contribution is 0.0345. The highest BCUT2D eigenvalue weighted by Gasteiger charge is 2.47. The molecule has 1 amide bonds. The second kappa shape index (κ2) is 7.45. The second-order valence-electron chi connectivity index (χ2n) is 8.00. The predicted molar refractivity (Wildman–Crippen MR) is 111 cm³/mol. The Labute approximate surface area is 184 Å². The van der Waals surface area contributed by atoms with Gasteiger partial charge in [0.15, 0.2) is 16.5 Å². The zero-order valence-electron chi connectivity index (χ0n) is 17.0. The third-order valence-electron chi connectivity index (χ3n) is 6.08. The summed E-state index contributed by atoms with van der Waals surface area (Å²) in [6.45, 7) is 1.24. The van der Waals surface area contributed by atoms with Gasteiger partial charge in [0.05, 0.1) is 17.7 Å². The van der Waals surface area contributed by atoms with E-state index in [1.165, 1.54) is 17.2 Å². The van der Waals surface area contributed by atoms with Crippen LogP contribution in [0, 0.1) is 11.6 Å². The van der Waals surface area contributed by atoms with E-state index in [-0.39, 0.29) is 28.2 Å². The van der Waals surface area contributed by atoms with E-state index in [9.17, 15) is 23.5 Å². The number of hydrogen-bond acceptors (Lipinski definition) is 7. The molecule has 166 valence electrons. The van der Waals surface area contributed by atoms with Gasteiger partial charge in [-0.25, -0.2) is 8.78 Å². The van der Waals surface area contributed by atoms with Gasteiger partial charge >= 0.3 is 0 Å². The Hall–Kier alpha value is -3.18. The Balaban J connectivity index is 1.53. The van der Waals surface area contributed by atoms with Crippen molar-refractivity contribution in [2.75, 3.05) is 20.3 Å². The number of ether oxygens (including phenoxy) is 1. The molecule has 4 heterocycles. The van der Waals surface area contributed by atoms with E-state index < -0.39 is 34.3 Å². The van der Waals surface area contributed by atoms with Gasteiger partial charge in [0, 0.05) is 38.9 Å². The van der Waals surface area contributed by atoms with Gasteiger partial charge in [-0.15, -0.1) is 10.2 Å². The average molecular weight is 460 g/mol. The first kappa shape index (κ1) is 20.7. The number of hydrogen-bond donors (Lipinski definition) is 1. The molecule has 5 rings (SSSR count). The van der Waals surface area contributed by atoms with Crippen LogP contribution in [0.2, 0.25) is 0 Å². The van der Waals surface area contributed by atoms with Crippen molar-refractivity contribution in [3.05, 3.63) is 62.5 Å². The lowest BCUT2D eigenvalue weighted by Crippen LogP contribution is -2.57. The number of aromatic nitrogens is 3. The molecule has 8 nitrogen and oxygen atoms in total. The minimum Gasteiger partial charge on any atom is -0.503 e. The molecule has 0 aliphatic carbocycles. The Morgan fingerprint density at radius 1 is 1.28 bits per heavy atom. The molecule has 3 aromatic rings. The minimum atomic E-state index is -0.729. The molecule has 2 aliphatic rings. The Morgan fingerprint density at radius 2 is 2.09 bits per heavy atom. The smallest absolute Gasteiger partial charge is 0.274 e. The molecule has 32 heavy (non-hydrogen) atoms. The number of benzene rings is 1. The number of nitrogens with zero attached hydrogens (tertiary/aromatic N) is 4. The SMILES string of the molecule is CN1C(=O)c2c(O)c(=O)c(-c3nnc(Cc4ccc(F)cc4F)s3)cn2CC12CCOC2. The topological polar surface area (TPSA) is 97.5 Å². The van der Waals surface area contributed by atoms with Crippen molar-refractivity contribution < 1.29 is 23.4 Å². The quantitative estimate of drug-likeness (QED) is 0.644. The van der Waals surface area contributed by atoms with E-state index in [1.807, 2.05) is 0 Å². The number of carbonyl (C=O) groups is 1. The van der Waals surface area contributed by atoms with Gasteiger partial charge in [0.1, 0.15) is 16.6 Å². The normalized spacial score (nSPS) is 20.2. The lowest BCUT2D eigenvalue weighted by atomic mass is 9.92. The summed E-state index contributed by atoms with van der Waals surface area (Å²) in [6.07, 6.45) is 2.22. The van der Waals surface area contributed by atoms with Crippen molar-refractivity contribution in [3.63, 3.8) is 0 Å². The Morgan fingerprint density at radius 3 is 2.81 bits per heavy atom. The second-order valence-corrected chi connectivity index (χ2v) is 9.06. The third kappa shape index (κ3) is 3.19. The molecule has 0 bridgehead atoms. The number of carbonyl (C=O) groups excluding carboxylic acids is 1. The van der Waals surface area contributed by atoms with Crippen molar-refractivity contribution in [2.45, 2.75) is 24.9 Å². The van der Waals surface area contributed by atoms with Gasteiger partial charge in [-0.2, -0.15) is 0 Å². The van der Waals surface area contributed by atoms with Crippen LogP contribution in [0.3, 0.4) is 0 Å². The largest absolute Gasteiger partial charge is 0.503 e. The van der Waals surface area contributed by atoms with Gasteiger partial charge in [0.25, 0.3) is 5.91 Å². The molecule has 1 N–H and O–H groups in total. The van der Waals surface area contributed by atoms with E-state index in [1.54, 1.807) is 11.6 Å². The van der Waals surface area contributed by atoms with Crippen LogP contribution in [0.25, 0.3) is 10.6 Å². The monoisotopic (exact) mass is 460 g/mol. The summed E-state index contributed by atoms with van der Waals surface area (Å²) < 4.78 is 34.2. The van der Waals surface area contributed by atoms with E-state index in [2.05, 4.69) is 10.2 Å². The van der Waals surface area contributed by atoms with E-state index >= 15 is 0 Å². The van der Waals surface area contributed by atoms with Crippen LogP contribution in [-0.4, -0.2) is 56.5 Å². The van der Waals surface area contributed by atoms with Crippen molar-refractivity contribution in [2.24, 2.45) is 0 Å². The fourth-order valence-corrected chi connectivity index (χ4v) is 5.07. The molecular weight excluding hydrogens is 442 g/mol. The summed E-state index contributed by atoms with van der Waals surface area (Å²) in [5.74, 6) is -2.46. The molecule has 1 fully saturated rings. The molecular formula is C21H18F2N4O4S. The summed E-state index contributed by atoms with van der Waals surface area (Å²) in [6, 6.07) is 3.28. The lowest BCUT2D eigenvalue weighted by Gasteiger charge is -2.42. The van der Waals surface area contributed by atoms with Crippen molar-refractivity contribution in [1.82, 2.24) is 19.7 Å². The molecule has 0 radical (unpaired) electrons. The number of halogens is 2. The van der Waals surface area contributed by atoms with Crippen LogP contribution in [0.5, 0.6) is 5.75 Å². The predicted octanol–water partition coefficient (Wildman–Crippen LogP) is 2.19. The highest BCUT2D eigenvalue weighted by molar-refractivity contribution is 7.14. The number of amides is 1. The Kier molecular flexibility index (Phi) is 4.82. The summed E-state index contributed by atoms with van der Waals surface area (Å²) in [7, 11) is 1.64. The summed E-state index contributed by atoms with van der Waals surface area (Å²) >= 11 is 1.07. The van der Waals surface area contributed by atoms with Crippen LogP contribution in [0.15, 0.2) is 29.2 Å². The van der Waals surface area contributed by atoms with Gasteiger partial charge in [0.2, 0.25) is 5.43 Å². The third-order valence-corrected chi connectivity index (χ3v) is 7.03. The van der Waals surface area contributed by atoms with Crippen molar-refractivity contribution in [1.29, 1.82) is 0 Å². The van der Waals surface area contributed by atoms with Crippen LogP contribution < -0.4 is 5.43 Å². The van der Waals surface area contributed by atoms with Gasteiger partial charge in [-0.05, 0) is 18.1 Å². The average Bonchev–Trinajstić information content (AvgIpc) is 3.41. The number of fused-ring (bicyclic) bond motifs is 1. The molecule has 1 aromatic carbocycles. The van der Waals surface area contributed by atoms with Crippen LogP contribution in [0.4, 0.5) is 8.78 Å². The molecule has 1 spiro atoms. The molecule has 2 aromatic heterocycles. The number of likely N-dealkylation sites (N-methyl/N-ethyl adjacent to an activating group) is 1. The first-order chi connectivity index (χ1) is 15.3. The molecule has 1 saturated heterocycles. The standard InChI is InChI=1S/C21H18F2N4O4S/c1-26-20(30)16-18(29)17(28)13(8-27(16)9-21(26)4-5-31-10-21)19-25-24-15(32-19)6-11-2-3-12(22)7-14(11)23/h2-3,7-8,29H,4-6,9-10H2,1H3. The zero-order valence-corrected chi connectivity index (χ0v) is 17.8. The minimum absolute atomic E-state index is 0.0723. The van der Waals surface area contributed by atoms with Crippen LogP contribution in [-0.2, 0) is 17.7 Å². The highest BCUT2D eigenvalue weighted by atomic mass is 32.1. The van der Waals surface area contributed by atoms with E-state index in [0.29, 0.717) is 31.2 Å². The first-order valence-electron chi connectivity index (χ1n) is 9.88. The maximum Gasteiger partial charge on any atom is 0.274 e. The highest BCUT2D eigenvalue weighted by Crippen LogP contribution is 2.36. The number of aromatic hydroxyl groups is 1. The zero-order chi connectivity index (χ0) is 22.6. The maximum atomic E-state index is 14.0. The van der Waals surface area contributed by atoms with Crippen LogP contribution in [0.1, 0.15) is 27.5 Å². The first-order valence-corrected chi connectivity index (χ1v) is 10.7. The van der Waals surface area contributed by atoms with Crippen molar-refractivity contribution in [3.8, 4) is 16.3 Å². The molecule has 1 atom stereocenters. The van der Waals surface area contributed by atoms with Gasteiger partial charge < -0.3 is 19.3 Å². The Bertz CT molecular complexity index is 1300. The molecule has 1 unspecified atom stereocenters. The summed E-state index contributed by atoms with van der Waals surface area (Å²) in [4.78, 5) is 27.3. The van der Waals surface area contributed by atoms with E-state index in [0.717, 1.165) is 23.5 Å². The van der Waals surface area contributed by atoms with Crippen molar-refractivity contribution >= 4 is 17.2 Å². The van der Waals surface area contributed by atoms with E-state index in [4.69, 9.17) is 4.74 Å². The fourth-order valence-electron chi connectivity index (χ4n) is 4.20. The summed E-state index contributed by atoms with van der Waals surface area (Å²) in [5.41, 5.74) is -1.00. The van der Waals surface area contributed by atoms with Gasteiger partial charge in [-0.3, -0.25) is 9.59 Å².